The predicted molar refractivity (Wildman–Crippen MR) is 66.1 cm³/mol. The predicted octanol–water partition coefficient (Wildman–Crippen LogP) is 2.37. The van der Waals surface area contributed by atoms with Crippen molar-refractivity contribution in [2.24, 2.45) is 17.8 Å². The highest BCUT2D eigenvalue weighted by molar-refractivity contribution is 6.03. The first-order chi connectivity index (χ1) is 8.11. The standard InChI is InChI=1S/C14H21NO2/c1-3-11-4-6-12(7-5-11)9-15-13(16)8-10(2)14(15)17/h3,10-12H,1,4-9H2,2H3. The van der Waals surface area contributed by atoms with E-state index >= 15 is 0 Å². The summed E-state index contributed by atoms with van der Waals surface area (Å²) >= 11 is 0. The zero-order valence-corrected chi connectivity index (χ0v) is 10.5. The highest BCUT2D eigenvalue weighted by atomic mass is 16.2. The number of imide groups is 1. The molecular weight excluding hydrogens is 214 g/mol. The van der Waals surface area contributed by atoms with Crippen molar-refractivity contribution < 1.29 is 9.59 Å². The molecular formula is C14H21NO2. The third-order valence-electron chi connectivity index (χ3n) is 4.13. The minimum Gasteiger partial charge on any atom is -0.282 e. The monoisotopic (exact) mass is 235 g/mol. The van der Waals surface area contributed by atoms with Crippen molar-refractivity contribution in [1.82, 2.24) is 4.90 Å². The van der Waals surface area contributed by atoms with Crippen LogP contribution in [0.4, 0.5) is 0 Å². The Morgan fingerprint density at radius 2 is 1.94 bits per heavy atom. The maximum Gasteiger partial charge on any atom is 0.232 e. The van der Waals surface area contributed by atoms with E-state index in [1.807, 2.05) is 13.0 Å². The molecule has 2 fully saturated rings. The lowest BCUT2D eigenvalue weighted by Gasteiger charge is -2.29. The summed E-state index contributed by atoms with van der Waals surface area (Å²) in [7, 11) is 0. The lowest BCUT2D eigenvalue weighted by Crippen LogP contribution is -2.36. The summed E-state index contributed by atoms with van der Waals surface area (Å²) in [6.45, 7) is 6.31. The summed E-state index contributed by atoms with van der Waals surface area (Å²) in [4.78, 5) is 25.0. The van der Waals surface area contributed by atoms with E-state index in [4.69, 9.17) is 0 Å². The second kappa shape index (κ2) is 5.03. The van der Waals surface area contributed by atoms with Crippen molar-refractivity contribution in [3.63, 3.8) is 0 Å². The molecule has 17 heavy (non-hydrogen) atoms. The van der Waals surface area contributed by atoms with Crippen LogP contribution in [0.2, 0.25) is 0 Å². The van der Waals surface area contributed by atoms with E-state index in [-0.39, 0.29) is 17.7 Å². The lowest BCUT2D eigenvalue weighted by molar-refractivity contribution is -0.140. The Balaban J connectivity index is 1.88. The first-order valence-corrected chi connectivity index (χ1v) is 6.58. The minimum atomic E-state index is -0.105. The summed E-state index contributed by atoms with van der Waals surface area (Å²) in [5.41, 5.74) is 0. The van der Waals surface area contributed by atoms with Gasteiger partial charge in [0, 0.05) is 18.9 Å². The Labute approximate surface area is 103 Å². The van der Waals surface area contributed by atoms with Gasteiger partial charge >= 0.3 is 0 Å². The number of carbonyl (C=O) groups excluding carboxylic acids is 2. The van der Waals surface area contributed by atoms with Crippen LogP contribution >= 0.6 is 0 Å². The van der Waals surface area contributed by atoms with Gasteiger partial charge in [-0.1, -0.05) is 13.0 Å². The van der Waals surface area contributed by atoms with E-state index < -0.39 is 0 Å². The maximum absolute atomic E-state index is 11.8. The summed E-state index contributed by atoms with van der Waals surface area (Å²) < 4.78 is 0. The maximum atomic E-state index is 11.8. The summed E-state index contributed by atoms with van der Waals surface area (Å²) in [5.74, 6) is 1.08. The van der Waals surface area contributed by atoms with Gasteiger partial charge in [-0.3, -0.25) is 14.5 Å². The van der Waals surface area contributed by atoms with Gasteiger partial charge < -0.3 is 0 Å². The van der Waals surface area contributed by atoms with Crippen LogP contribution in [-0.2, 0) is 9.59 Å². The second-order valence-electron chi connectivity index (χ2n) is 5.46. The Kier molecular flexibility index (Phi) is 3.65. The van der Waals surface area contributed by atoms with Crippen LogP contribution in [0.5, 0.6) is 0 Å². The molecule has 0 aromatic carbocycles. The van der Waals surface area contributed by atoms with Crippen LogP contribution in [0.15, 0.2) is 12.7 Å². The van der Waals surface area contributed by atoms with Gasteiger partial charge in [0.15, 0.2) is 0 Å². The van der Waals surface area contributed by atoms with Gasteiger partial charge in [-0.05, 0) is 37.5 Å². The van der Waals surface area contributed by atoms with Crippen molar-refractivity contribution >= 4 is 11.8 Å². The zero-order chi connectivity index (χ0) is 12.4. The Bertz CT molecular complexity index is 329. The third-order valence-corrected chi connectivity index (χ3v) is 4.13. The van der Waals surface area contributed by atoms with Gasteiger partial charge in [0.1, 0.15) is 0 Å². The highest BCUT2D eigenvalue weighted by Gasteiger charge is 2.37. The molecule has 1 atom stereocenters. The molecule has 1 unspecified atom stereocenters. The van der Waals surface area contributed by atoms with E-state index in [1.165, 1.54) is 4.90 Å². The zero-order valence-electron chi connectivity index (χ0n) is 10.5. The molecule has 3 heteroatoms. The van der Waals surface area contributed by atoms with E-state index in [1.54, 1.807) is 0 Å². The summed E-state index contributed by atoms with van der Waals surface area (Å²) in [6.07, 6.45) is 6.97. The van der Waals surface area contributed by atoms with Gasteiger partial charge in [0.2, 0.25) is 11.8 Å². The quantitative estimate of drug-likeness (QED) is 0.556. The number of nitrogens with zero attached hydrogens (tertiary/aromatic N) is 1. The average Bonchev–Trinajstić information content (AvgIpc) is 2.57. The fourth-order valence-corrected chi connectivity index (χ4v) is 2.90. The number of amides is 2. The molecule has 0 bridgehead atoms. The molecule has 0 radical (unpaired) electrons. The van der Waals surface area contributed by atoms with Crippen LogP contribution in [0.3, 0.4) is 0 Å². The smallest absolute Gasteiger partial charge is 0.232 e. The molecule has 1 saturated heterocycles. The number of allylic oxidation sites excluding steroid dienone is 1. The first kappa shape index (κ1) is 12.3. The number of hydrogen-bond donors (Lipinski definition) is 0. The summed E-state index contributed by atoms with van der Waals surface area (Å²) in [5, 5.41) is 0. The van der Waals surface area contributed by atoms with Crippen molar-refractivity contribution in [1.29, 1.82) is 0 Å². The fraction of sp³-hybridized carbons (Fsp3) is 0.714. The molecule has 1 aliphatic carbocycles. The molecule has 2 rings (SSSR count). The van der Waals surface area contributed by atoms with Crippen molar-refractivity contribution in [2.75, 3.05) is 6.54 Å². The van der Waals surface area contributed by atoms with E-state index in [0.717, 1.165) is 25.7 Å². The highest BCUT2D eigenvalue weighted by Crippen LogP contribution is 2.31. The molecule has 1 heterocycles. The molecule has 2 amide bonds. The largest absolute Gasteiger partial charge is 0.282 e. The minimum absolute atomic E-state index is 0.0216. The van der Waals surface area contributed by atoms with Crippen LogP contribution in [0.25, 0.3) is 0 Å². The number of likely N-dealkylation sites (tertiary alicyclic amines) is 1. The van der Waals surface area contributed by atoms with Gasteiger partial charge in [-0.2, -0.15) is 0 Å². The molecule has 0 spiro atoms. The van der Waals surface area contributed by atoms with Crippen LogP contribution in [0.1, 0.15) is 39.0 Å². The molecule has 94 valence electrons. The molecule has 0 aromatic heterocycles. The van der Waals surface area contributed by atoms with Gasteiger partial charge in [-0.15, -0.1) is 6.58 Å². The van der Waals surface area contributed by atoms with Crippen molar-refractivity contribution in [3.8, 4) is 0 Å². The second-order valence-corrected chi connectivity index (χ2v) is 5.46. The van der Waals surface area contributed by atoms with Crippen molar-refractivity contribution in [3.05, 3.63) is 12.7 Å². The normalized spacial score (nSPS) is 34.2. The average molecular weight is 235 g/mol. The van der Waals surface area contributed by atoms with Gasteiger partial charge in [0.05, 0.1) is 0 Å². The van der Waals surface area contributed by atoms with Gasteiger partial charge in [0.25, 0.3) is 0 Å². The Morgan fingerprint density at radius 1 is 1.29 bits per heavy atom. The summed E-state index contributed by atoms with van der Waals surface area (Å²) in [6, 6.07) is 0. The molecule has 0 N–H and O–H groups in total. The topological polar surface area (TPSA) is 37.4 Å². The molecule has 2 aliphatic rings. The number of carbonyl (C=O) groups is 2. The lowest BCUT2D eigenvalue weighted by atomic mass is 9.82. The fourth-order valence-electron chi connectivity index (χ4n) is 2.90. The number of rotatable bonds is 3. The van der Waals surface area contributed by atoms with Crippen LogP contribution in [0, 0.1) is 17.8 Å². The van der Waals surface area contributed by atoms with E-state index in [0.29, 0.717) is 24.8 Å². The SMILES string of the molecule is C=CC1CCC(CN2C(=O)CC(C)C2=O)CC1. The molecule has 1 aliphatic heterocycles. The molecule has 0 aromatic rings. The molecule has 1 saturated carbocycles. The Morgan fingerprint density at radius 3 is 2.41 bits per heavy atom. The van der Waals surface area contributed by atoms with Crippen LogP contribution < -0.4 is 0 Å². The number of hydrogen-bond acceptors (Lipinski definition) is 2. The van der Waals surface area contributed by atoms with Crippen LogP contribution in [-0.4, -0.2) is 23.3 Å². The van der Waals surface area contributed by atoms with Gasteiger partial charge in [-0.25, -0.2) is 0 Å². The first-order valence-electron chi connectivity index (χ1n) is 6.58. The van der Waals surface area contributed by atoms with Crippen molar-refractivity contribution in [2.45, 2.75) is 39.0 Å². The molecule has 3 nitrogen and oxygen atoms in total. The van der Waals surface area contributed by atoms with E-state index in [2.05, 4.69) is 6.58 Å². The third kappa shape index (κ3) is 2.59. The Hall–Kier alpha value is -1.12. The van der Waals surface area contributed by atoms with E-state index in [9.17, 15) is 9.59 Å².